The van der Waals surface area contributed by atoms with Crippen molar-refractivity contribution in [2.45, 2.75) is 19.9 Å². The second kappa shape index (κ2) is 12.1. The summed E-state index contributed by atoms with van der Waals surface area (Å²) >= 11 is 3.13. The summed E-state index contributed by atoms with van der Waals surface area (Å²) < 4.78 is 0. The average Bonchev–Trinajstić information content (AvgIpc) is 3.31. The molecule has 8 heteroatoms. The van der Waals surface area contributed by atoms with Gasteiger partial charge in [0.25, 0.3) is 0 Å². The molecule has 0 aliphatic heterocycles. The molecule has 2 rings (SSSR count). The molecule has 3 N–H and O–H groups in total. The molecule has 146 valence electrons. The minimum absolute atomic E-state index is 0.0172. The van der Waals surface area contributed by atoms with Gasteiger partial charge in [0.2, 0.25) is 0 Å². The Hall–Kier alpha value is -2.42. The van der Waals surface area contributed by atoms with Gasteiger partial charge in [-0.25, -0.2) is 4.98 Å². The number of aromatic nitrogens is 1. The molecule has 0 saturated carbocycles. The van der Waals surface area contributed by atoms with Crippen molar-refractivity contribution in [2.24, 2.45) is 0 Å². The van der Waals surface area contributed by atoms with Crippen molar-refractivity contribution in [3.63, 3.8) is 0 Å². The smallest absolute Gasteiger partial charge is 0.305 e. The number of allylic oxidation sites excluding steroid dienone is 2. The number of nitrogens with zero attached hydrogens (tertiary/aromatic N) is 2. The monoisotopic (exact) mass is 408 g/mol. The Labute approximate surface area is 167 Å². The minimum atomic E-state index is -0.815. The minimum Gasteiger partial charge on any atom is -0.509 e. The number of carbonyl (C=O) groups is 1. The molecule has 0 bridgehead atoms. The van der Waals surface area contributed by atoms with Gasteiger partial charge in [-0.1, -0.05) is 25.3 Å². The third-order valence-corrected chi connectivity index (χ3v) is 5.08. The van der Waals surface area contributed by atoms with E-state index in [0.717, 1.165) is 16.4 Å². The van der Waals surface area contributed by atoms with Crippen molar-refractivity contribution in [1.29, 1.82) is 0 Å². The van der Waals surface area contributed by atoms with Crippen LogP contribution in [-0.4, -0.2) is 39.4 Å². The first kappa shape index (κ1) is 22.6. The fourth-order valence-electron chi connectivity index (χ4n) is 1.90. The normalized spacial score (nSPS) is 10.7. The first-order valence-corrected chi connectivity index (χ1v) is 9.86. The van der Waals surface area contributed by atoms with E-state index in [2.05, 4.69) is 18.1 Å². The molecule has 2 heterocycles. The quantitative estimate of drug-likeness (QED) is 0.422. The third-order valence-electron chi connectivity index (χ3n) is 3.32. The van der Waals surface area contributed by atoms with E-state index in [9.17, 15) is 4.79 Å². The lowest BCUT2D eigenvalue weighted by molar-refractivity contribution is -0.136. The van der Waals surface area contributed by atoms with Crippen LogP contribution >= 0.6 is 22.7 Å². The van der Waals surface area contributed by atoms with Gasteiger partial charge in [-0.05, 0) is 30.0 Å². The Kier molecular flexibility index (Phi) is 10.1. The van der Waals surface area contributed by atoms with Gasteiger partial charge in [0.15, 0.2) is 5.13 Å². The predicted octanol–water partition coefficient (Wildman–Crippen LogP) is 4.33. The number of thiophene rings is 1. The number of aliphatic hydroxyl groups excluding tert-OH is 2. The van der Waals surface area contributed by atoms with E-state index in [1.807, 2.05) is 34.7 Å². The topological polar surface area (TPSA) is 93.9 Å². The second-order valence-electron chi connectivity index (χ2n) is 5.43. The van der Waals surface area contributed by atoms with Gasteiger partial charge in [0.1, 0.15) is 5.76 Å². The van der Waals surface area contributed by atoms with Crippen molar-refractivity contribution in [3.8, 4) is 0 Å². The molecule has 2 aromatic rings. The lowest BCUT2D eigenvalue weighted by Gasteiger charge is -2.20. The molecular weight excluding hydrogens is 384 g/mol. The number of hydrogen-bond donors (Lipinski definition) is 3. The van der Waals surface area contributed by atoms with Gasteiger partial charge < -0.3 is 20.2 Å². The van der Waals surface area contributed by atoms with Crippen LogP contribution in [0.5, 0.6) is 0 Å². The van der Waals surface area contributed by atoms with E-state index in [1.165, 1.54) is 22.3 Å². The van der Waals surface area contributed by atoms with E-state index in [0.29, 0.717) is 13.1 Å². The summed E-state index contributed by atoms with van der Waals surface area (Å²) in [6, 6.07) is 4.01. The maximum atomic E-state index is 10.9. The summed E-state index contributed by atoms with van der Waals surface area (Å²) in [5.74, 6) is -0.797. The van der Waals surface area contributed by atoms with Crippen molar-refractivity contribution in [3.05, 3.63) is 64.5 Å². The van der Waals surface area contributed by atoms with Gasteiger partial charge in [-0.15, -0.1) is 22.7 Å². The Balaban J connectivity index is 0.000000646. The number of thiazole rings is 1. The fraction of sp³-hybridized carbons (Fsp3) is 0.263. The molecule has 27 heavy (non-hydrogen) atoms. The highest BCUT2D eigenvalue weighted by Gasteiger charge is 2.14. The average molecular weight is 409 g/mol. The summed E-state index contributed by atoms with van der Waals surface area (Å²) in [5, 5.41) is 30.7. The number of carboxylic acid groups (broad SMARTS) is 1. The van der Waals surface area contributed by atoms with Gasteiger partial charge in [-0.2, -0.15) is 0 Å². The van der Waals surface area contributed by atoms with Crippen LogP contribution in [0, 0.1) is 0 Å². The highest BCUT2D eigenvalue weighted by atomic mass is 32.1. The van der Waals surface area contributed by atoms with Gasteiger partial charge in [-0.3, -0.25) is 4.79 Å². The zero-order chi connectivity index (χ0) is 20.2. The molecule has 0 unspecified atom stereocenters. The molecule has 0 aliphatic rings. The molecule has 0 fully saturated rings. The number of hydrogen-bond acceptors (Lipinski definition) is 7. The van der Waals surface area contributed by atoms with Gasteiger partial charge in [0, 0.05) is 16.8 Å². The number of anilines is 1. The summed E-state index contributed by atoms with van der Waals surface area (Å²) in [4.78, 5) is 18.6. The fourth-order valence-corrected chi connectivity index (χ4v) is 3.53. The largest absolute Gasteiger partial charge is 0.509 e. The van der Waals surface area contributed by atoms with Gasteiger partial charge >= 0.3 is 5.97 Å². The van der Waals surface area contributed by atoms with Crippen molar-refractivity contribution in [1.82, 2.24) is 4.98 Å². The van der Waals surface area contributed by atoms with Crippen molar-refractivity contribution < 1.29 is 20.1 Å². The first-order valence-electron chi connectivity index (χ1n) is 8.10. The lowest BCUT2D eigenvalue weighted by atomic mass is 10.2. The Morgan fingerprint density at radius 3 is 2.59 bits per heavy atom. The van der Waals surface area contributed by atoms with Crippen LogP contribution in [0.3, 0.4) is 0 Å². The van der Waals surface area contributed by atoms with E-state index in [1.54, 1.807) is 17.4 Å². The third kappa shape index (κ3) is 8.67. The molecule has 0 atom stereocenters. The van der Waals surface area contributed by atoms with E-state index in [4.69, 9.17) is 15.3 Å². The molecule has 0 aliphatic carbocycles. The van der Waals surface area contributed by atoms with Crippen LogP contribution in [0.2, 0.25) is 0 Å². The van der Waals surface area contributed by atoms with Crippen LogP contribution < -0.4 is 4.90 Å². The maximum absolute atomic E-state index is 10.9. The Morgan fingerprint density at radius 2 is 2.07 bits per heavy atom. The molecule has 0 radical (unpaired) electrons. The predicted molar refractivity (Wildman–Crippen MR) is 112 cm³/mol. The van der Waals surface area contributed by atoms with Crippen molar-refractivity contribution >= 4 is 39.3 Å². The maximum Gasteiger partial charge on any atom is 0.305 e. The molecule has 0 spiro atoms. The molecule has 0 amide bonds. The van der Waals surface area contributed by atoms with Crippen LogP contribution in [-0.2, 0) is 11.3 Å². The summed E-state index contributed by atoms with van der Waals surface area (Å²) in [7, 11) is 0. The Bertz CT molecular complexity index is 767. The van der Waals surface area contributed by atoms with E-state index in [-0.39, 0.29) is 18.8 Å². The lowest BCUT2D eigenvalue weighted by Crippen LogP contribution is -2.25. The van der Waals surface area contributed by atoms with E-state index < -0.39 is 5.97 Å². The highest BCUT2D eigenvalue weighted by molar-refractivity contribution is 7.14. The van der Waals surface area contributed by atoms with E-state index >= 15 is 0 Å². The SMILES string of the molecule is C/C(=C\CO)c1csc(N(CCC(=O)O)Cc2cccs2)n1.C=CC(=C)O. The molecule has 2 aromatic heterocycles. The van der Waals surface area contributed by atoms with Crippen LogP contribution in [0.4, 0.5) is 5.13 Å². The molecular formula is C19H24N2O4S2. The zero-order valence-electron chi connectivity index (χ0n) is 15.2. The van der Waals surface area contributed by atoms with Crippen molar-refractivity contribution in [2.75, 3.05) is 18.1 Å². The summed E-state index contributed by atoms with van der Waals surface area (Å²) in [5.41, 5.74) is 1.74. The van der Waals surface area contributed by atoms with Crippen LogP contribution in [0.1, 0.15) is 23.9 Å². The summed E-state index contributed by atoms with van der Waals surface area (Å²) in [6.07, 6.45) is 3.06. The Morgan fingerprint density at radius 1 is 1.37 bits per heavy atom. The molecule has 0 aromatic carbocycles. The number of aliphatic hydroxyl groups is 2. The number of carboxylic acids is 1. The number of aliphatic carboxylic acids is 1. The zero-order valence-corrected chi connectivity index (χ0v) is 16.8. The van der Waals surface area contributed by atoms with Gasteiger partial charge in [0.05, 0.1) is 25.3 Å². The van der Waals surface area contributed by atoms with Crippen LogP contribution in [0.15, 0.2) is 54.0 Å². The summed E-state index contributed by atoms with van der Waals surface area (Å²) in [6.45, 7) is 9.28. The first-order chi connectivity index (χ1) is 12.9. The molecule has 6 nitrogen and oxygen atoms in total. The second-order valence-corrected chi connectivity index (χ2v) is 7.29. The van der Waals surface area contributed by atoms with Crippen LogP contribution in [0.25, 0.3) is 5.57 Å². The highest BCUT2D eigenvalue weighted by Crippen LogP contribution is 2.27. The molecule has 0 saturated heterocycles. The standard InChI is InChI=1S/C15H18N2O3S2.C4H6O/c1-11(5-7-18)13-10-22-15(16-13)17(6-4-14(19)20)9-12-3-2-8-21-12;1-3-4(2)5/h2-3,5,8,10,18H,4,6-7,9H2,1H3,(H,19,20);3,5H,1-2H2/b11-5+;. The number of rotatable bonds is 9.